The van der Waals surface area contributed by atoms with E-state index in [9.17, 15) is 4.39 Å². The Morgan fingerprint density at radius 1 is 1.43 bits per heavy atom. The lowest BCUT2D eigenvalue weighted by Crippen LogP contribution is -2.36. The van der Waals surface area contributed by atoms with Crippen LogP contribution in [0.1, 0.15) is 17.9 Å². The molecule has 2 unspecified atom stereocenters. The molecule has 1 heterocycles. The Kier molecular flexibility index (Phi) is 3.19. The number of benzene rings is 1. The topological polar surface area (TPSA) is 12.0 Å². The molecule has 1 aliphatic rings. The van der Waals surface area contributed by atoms with Crippen LogP contribution in [0.25, 0.3) is 0 Å². The van der Waals surface area contributed by atoms with Gasteiger partial charge in [-0.2, -0.15) is 0 Å². The van der Waals surface area contributed by atoms with Crippen molar-refractivity contribution in [3.05, 3.63) is 34.3 Å². The largest absolute Gasteiger partial charge is 0.314 e. The number of alkyl halides is 1. The highest BCUT2D eigenvalue weighted by atomic mass is 79.9. The van der Waals surface area contributed by atoms with Crippen molar-refractivity contribution in [1.29, 1.82) is 0 Å². The van der Waals surface area contributed by atoms with Gasteiger partial charge in [-0.3, -0.25) is 0 Å². The quantitative estimate of drug-likeness (QED) is 0.816. The highest BCUT2D eigenvalue weighted by Gasteiger charge is 2.25. The van der Waals surface area contributed by atoms with Gasteiger partial charge < -0.3 is 5.32 Å². The van der Waals surface area contributed by atoms with Gasteiger partial charge >= 0.3 is 0 Å². The summed E-state index contributed by atoms with van der Waals surface area (Å²) < 4.78 is 14.6. The highest BCUT2D eigenvalue weighted by Crippen LogP contribution is 2.29. The van der Waals surface area contributed by atoms with E-state index >= 15 is 0 Å². The molecule has 1 aromatic rings. The first kappa shape index (κ1) is 10.1. The summed E-state index contributed by atoms with van der Waals surface area (Å²) in [5.41, 5.74) is 1.10. The minimum atomic E-state index is -0.752. The molecule has 0 bridgehead atoms. The SMILES string of the molecule is FC1CNCCC1c1cccc(Br)c1. The van der Waals surface area contributed by atoms with Gasteiger partial charge in [-0.1, -0.05) is 28.1 Å². The molecule has 2 rings (SSSR count). The van der Waals surface area contributed by atoms with Crippen LogP contribution in [0, 0.1) is 0 Å². The van der Waals surface area contributed by atoms with Crippen molar-refractivity contribution in [3.8, 4) is 0 Å². The molecule has 0 spiro atoms. The van der Waals surface area contributed by atoms with Gasteiger partial charge in [0.1, 0.15) is 6.17 Å². The van der Waals surface area contributed by atoms with E-state index in [-0.39, 0.29) is 5.92 Å². The van der Waals surface area contributed by atoms with Crippen LogP contribution in [0.4, 0.5) is 4.39 Å². The molecule has 1 aliphatic heterocycles. The van der Waals surface area contributed by atoms with E-state index in [0.717, 1.165) is 23.0 Å². The second kappa shape index (κ2) is 4.41. The molecule has 0 aromatic heterocycles. The molecule has 0 saturated carbocycles. The molecule has 0 aliphatic carbocycles. The maximum absolute atomic E-state index is 13.6. The average Bonchev–Trinajstić information content (AvgIpc) is 2.18. The zero-order valence-corrected chi connectivity index (χ0v) is 9.43. The molecule has 14 heavy (non-hydrogen) atoms. The van der Waals surface area contributed by atoms with E-state index in [2.05, 4.69) is 21.2 Å². The third kappa shape index (κ3) is 2.15. The van der Waals surface area contributed by atoms with Crippen LogP contribution in [0.5, 0.6) is 0 Å². The van der Waals surface area contributed by atoms with Gasteiger partial charge in [-0.15, -0.1) is 0 Å². The van der Waals surface area contributed by atoms with E-state index in [4.69, 9.17) is 0 Å². The van der Waals surface area contributed by atoms with Crippen molar-refractivity contribution in [3.63, 3.8) is 0 Å². The minimum absolute atomic E-state index is 0.0637. The highest BCUT2D eigenvalue weighted by molar-refractivity contribution is 9.10. The second-order valence-corrected chi connectivity index (χ2v) is 4.59. The molecule has 0 amide bonds. The fourth-order valence-electron chi connectivity index (χ4n) is 1.93. The van der Waals surface area contributed by atoms with Gasteiger partial charge in [0, 0.05) is 16.9 Å². The summed E-state index contributed by atoms with van der Waals surface area (Å²) in [5, 5.41) is 3.06. The van der Waals surface area contributed by atoms with Crippen LogP contribution >= 0.6 is 15.9 Å². The third-order valence-corrected chi connectivity index (χ3v) is 3.18. The standard InChI is InChI=1S/C11H13BrFN/c12-9-3-1-2-8(6-9)10-4-5-14-7-11(10)13/h1-3,6,10-11,14H,4-5,7H2. The molecular weight excluding hydrogens is 245 g/mol. The van der Waals surface area contributed by atoms with E-state index in [0.29, 0.717) is 6.54 Å². The van der Waals surface area contributed by atoms with Crippen LogP contribution in [-0.2, 0) is 0 Å². The van der Waals surface area contributed by atoms with Crippen molar-refractivity contribution in [1.82, 2.24) is 5.32 Å². The molecule has 1 fully saturated rings. The van der Waals surface area contributed by atoms with Crippen LogP contribution < -0.4 is 5.32 Å². The Morgan fingerprint density at radius 2 is 2.29 bits per heavy atom. The summed E-state index contributed by atoms with van der Waals surface area (Å²) in [5.74, 6) is 0.0637. The van der Waals surface area contributed by atoms with Gasteiger partial charge in [0.15, 0.2) is 0 Å². The lowest BCUT2D eigenvalue weighted by molar-refractivity contribution is 0.231. The summed E-state index contributed by atoms with van der Waals surface area (Å²) in [7, 11) is 0. The predicted octanol–water partition coefficient (Wildman–Crippen LogP) is 2.86. The van der Waals surface area contributed by atoms with Crippen molar-refractivity contribution in [2.24, 2.45) is 0 Å². The van der Waals surface area contributed by atoms with E-state index in [1.54, 1.807) is 0 Å². The third-order valence-electron chi connectivity index (χ3n) is 2.68. The summed E-state index contributed by atoms with van der Waals surface area (Å²) in [4.78, 5) is 0. The summed E-state index contributed by atoms with van der Waals surface area (Å²) in [6.07, 6.45) is 0.135. The number of halogens is 2. The van der Waals surface area contributed by atoms with Crippen LogP contribution in [-0.4, -0.2) is 19.3 Å². The molecule has 1 nitrogen and oxygen atoms in total. The Labute approximate surface area is 91.8 Å². The Morgan fingerprint density at radius 3 is 3.00 bits per heavy atom. The van der Waals surface area contributed by atoms with Gasteiger partial charge in [-0.25, -0.2) is 4.39 Å². The molecular formula is C11H13BrFN. The summed E-state index contributed by atoms with van der Waals surface area (Å²) in [6.45, 7) is 1.40. The Bertz CT molecular complexity index is 316. The van der Waals surface area contributed by atoms with Gasteiger partial charge in [0.25, 0.3) is 0 Å². The Balaban J connectivity index is 2.20. The number of piperidine rings is 1. The average molecular weight is 258 g/mol. The molecule has 1 saturated heterocycles. The zero-order valence-electron chi connectivity index (χ0n) is 7.84. The second-order valence-electron chi connectivity index (χ2n) is 3.67. The first-order chi connectivity index (χ1) is 6.77. The maximum Gasteiger partial charge on any atom is 0.119 e. The zero-order chi connectivity index (χ0) is 9.97. The predicted molar refractivity (Wildman–Crippen MR) is 59.3 cm³/mol. The van der Waals surface area contributed by atoms with E-state index in [1.807, 2.05) is 24.3 Å². The number of rotatable bonds is 1. The van der Waals surface area contributed by atoms with Gasteiger partial charge in [0.2, 0.25) is 0 Å². The fourth-order valence-corrected chi connectivity index (χ4v) is 2.35. The van der Waals surface area contributed by atoms with Gasteiger partial charge in [0.05, 0.1) is 0 Å². The van der Waals surface area contributed by atoms with Crippen LogP contribution in [0.2, 0.25) is 0 Å². The number of hydrogen-bond acceptors (Lipinski definition) is 1. The number of nitrogens with one attached hydrogen (secondary N) is 1. The first-order valence-corrected chi connectivity index (χ1v) is 5.67. The molecule has 3 heteroatoms. The smallest absolute Gasteiger partial charge is 0.119 e. The monoisotopic (exact) mass is 257 g/mol. The summed E-state index contributed by atoms with van der Waals surface area (Å²) in [6, 6.07) is 7.96. The van der Waals surface area contributed by atoms with Crippen molar-refractivity contribution in [2.75, 3.05) is 13.1 Å². The van der Waals surface area contributed by atoms with E-state index in [1.165, 1.54) is 0 Å². The number of hydrogen-bond donors (Lipinski definition) is 1. The minimum Gasteiger partial charge on any atom is -0.314 e. The molecule has 1 N–H and O–H groups in total. The lowest BCUT2D eigenvalue weighted by atomic mass is 9.89. The summed E-state index contributed by atoms with van der Waals surface area (Å²) >= 11 is 3.41. The van der Waals surface area contributed by atoms with Crippen molar-refractivity contribution >= 4 is 15.9 Å². The maximum atomic E-state index is 13.6. The molecule has 0 radical (unpaired) electrons. The molecule has 76 valence electrons. The fraction of sp³-hybridized carbons (Fsp3) is 0.455. The Hall–Kier alpha value is -0.410. The molecule has 1 aromatic carbocycles. The van der Waals surface area contributed by atoms with Gasteiger partial charge in [-0.05, 0) is 30.7 Å². The van der Waals surface area contributed by atoms with Crippen molar-refractivity contribution < 1.29 is 4.39 Å². The normalized spacial score (nSPS) is 27.6. The van der Waals surface area contributed by atoms with Crippen molar-refractivity contribution in [2.45, 2.75) is 18.5 Å². The van der Waals surface area contributed by atoms with Crippen LogP contribution in [0.15, 0.2) is 28.7 Å². The molecule has 2 atom stereocenters. The van der Waals surface area contributed by atoms with E-state index < -0.39 is 6.17 Å². The lowest BCUT2D eigenvalue weighted by Gasteiger charge is -2.27. The first-order valence-electron chi connectivity index (χ1n) is 4.87. The van der Waals surface area contributed by atoms with Crippen LogP contribution in [0.3, 0.4) is 0 Å².